The Bertz CT molecular complexity index is 604. The number of benzene rings is 1. The Hall–Kier alpha value is -2.37. The molecule has 1 N–H and O–H groups in total. The summed E-state index contributed by atoms with van der Waals surface area (Å²) in [7, 11) is 0. The fourth-order valence-corrected chi connectivity index (χ4v) is 2.62. The molecule has 1 heterocycles. The molecule has 1 saturated carbocycles. The first-order valence-electron chi connectivity index (χ1n) is 7.56. The van der Waals surface area contributed by atoms with Gasteiger partial charge in [0, 0.05) is 11.6 Å². The van der Waals surface area contributed by atoms with E-state index in [2.05, 4.69) is 15.5 Å². The fourth-order valence-electron chi connectivity index (χ4n) is 2.62. The molecule has 0 aliphatic heterocycles. The van der Waals surface area contributed by atoms with Crippen molar-refractivity contribution in [2.24, 2.45) is 0 Å². The van der Waals surface area contributed by atoms with Crippen molar-refractivity contribution in [3.05, 3.63) is 30.7 Å². The molecule has 0 bridgehead atoms. The SMILES string of the molecule is C[C@@H](Oc1ccc(-c2nnco2)cc1)C(=O)NC1CCCC1. The van der Waals surface area contributed by atoms with E-state index in [9.17, 15) is 4.79 Å². The van der Waals surface area contributed by atoms with Crippen LogP contribution in [0.4, 0.5) is 0 Å². The van der Waals surface area contributed by atoms with E-state index in [1.807, 2.05) is 12.1 Å². The minimum absolute atomic E-state index is 0.0622. The van der Waals surface area contributed by atoms with Gasteiger partial charge in [0.2, 0.25) is 12.3 Å². The molecule has 0 spiro atoms. The topological polar surface area (TPSA) is 77.2 Å². The molecular formula is C16H19N3O3. The Morgan fingerprint density at radius 2 is 2.05 bits per heavy atom. The smallest absolute Gasteiger partial charge is 0.260 e. The lowest BCUT2D eigenvalue weighted by molar-refractivity contribution is -0.127. The lowest BCUT2D eigenvalue weighted by Gasteiger charge is -2.18. The van der Waals surface area contributed by atoms with Crippen LogP contribution in [0.2, 0.25) is 0 Å². The van der Waals surface area contributed by atoms with Gasteiger partial charge >= 0.3 is 0 Å². The van der Waals surface area contributed by atoms with Crippen molar-refractivity contribution >= 4 is 5.91 Å². The number of nitrogens with zero attached hydrogens (tertiary/aromatic N) is 2. The average Bonchev–Trinajstić information content (AvgIpc) is 3.21. The Morgan fingerprint density at radius 1 is 1.32 bits per heavy atom. The third kappa shape index (κ3) is 3.44. The molecule has 1 aliphatic rings. The molecular weight excluding hydrogens is 282 g/mol. The third-order valence-corrected chi connectivity index (χ3v) is 3.84. The molecule has 0 unspecified atom stereocenters. The minimum Gasteiger partial charge on any atom is -0.481 e. The molecule has 6 heteroatoms. The summed E-state index contributed by atoms with van der Waals surface area (Å²) >= 11 is 0. The first-order valence-corrected chi connectivity index (χ1v) is 7.56. The second-order valence-electron chi connectivity index (χ2n) is 5.52. The van der Waals surface area contributed by atoms with Crippen LogP contribution < -0.4 is 10.1 Å². The maximum atomic E-state index is 12.1. The zero-order valence-electron chi connectivity index (χ0n) is 12.5. The maximum absolute atomic E-state index is 12.1. The van der Waals surface area contributed by atoms with Crippen LogP contribution in [-0.4, -0.2) is 28.3 Å². The molecule has 116 valence electrons. The van der Waals surface area contributed by atoms with E-state index in [4.69, 9.17) is 9.15 Å². The number of aromatic nitrogens is 2. The quantitative estimate of drug-likeness (QED) is 0.918. The summed E-state index contributed by atoms with van der Waals surface area (Å²) in [6.07, 6.45) is 5.29. The zero-order chi connectivity index (χ0) is 15.4. The first-order chi connectivity index (χ1) is 10.7. The van der Waals surface area contributed by atoms with Gasteiger partial charge in [-0.1, -0.05) is 12.8 Å². The summed E-state index contributed by atoms with van der Waals surface area (Å²) in [5, 5.41) is 10.5. The summed E-state index contributed by atoms with van der Waals surface area (Å²) in [5.41, 5.74) is 0.813. The van der Waals surface area contributed by atoms with E-state index in [0.717, 1.165) is 18.4 Å². The van der Waals surface area contributed by atoms with Crippen LogP contribution in [-0.2, 0) is 4.79 Å². The number of ether oxygens (including phenoxy) is 1. The van der Waals surface area contributed by atoms with Gasteiger partial charge < -0.3 is 14.5 Å². The summed E-state index contributed by atoms with van der Waals surface area (Å²) in [5.74, 6) is 1.03. The van der Waals surface area contributed by atoms with Crippen LogP contribution in [0.25, 0.3) is 11.5 Å². The predicted octanol–water partition coefficient (Wildman–Crippen LogP) is 2.56. The summed E-state index contributed by atoms with van der Waals surface area (Å²) in [6.45, 7) is 1.76. The normalized spacial score (nSPS) is 16.4. The van der Waals surface area contributed by atoms with E-state index in [1.54, 1.807) is 19.1 Å². The minimum atomic E-state index is -0.519. The van der Waals surface area contributed by atoms with E-state index in [0.29, 0.717) is 17.7 Å². The van der Waals surface area contributed by atoms with Crippen LogP contribution >= 0.6 is 0 Å². The zero-order valence-corrected chi connectivity index (χ0v) is 12.5. The molecule has 1 aromatic heterocycles. The second kappa shape index (κ2) is 6.60. The van der Waals surface area contributed by atoms with Gasteiger partial charge in [0.05, 0.1) is 0 Å². The van der Waals surface area contributed by atoms with Crippen molar-refractivity contribution in [2.75, 3.05) is 0 Å². The fraction of sp³-hybridized carbons (Fsp3) is 0.438. The molecule has 1 atom stereocenters. The third-order valence-electron chi connectivity index (χ3n) is 3.84. The van der Waals surface area contributed by atoms with E-state index in [-0.39, 0.29) is 5.91 Å². The van der Waals surface area contributed by atoms with E-state index < -0.39 is 6.10 Å². The monoisotopic (exact) mass is 301 g/mol. The predicted molar refractivity (Wildman–Crippen MR) is 80.2 cm³/mol. The van der Waals surface area contributed by atoms with E-state index in [1.165, 1.54) is 19.2 Å². The highest BCUT2D eigenvalue weighted by Gasteiger charge is 2.21. The van der Waals surface area contributed by atoms with Gasteiger partial charge in [-0.15, -0.1) is 10.2 Å². The van der Waals surface area contributed by atoms with Crippen molar-refractivity contribution < 1.29 is 13.9 Å². The van der Waals surface area contributed by atoms with Gasteiger partial charge in [0.1, 0.15) is 5.75 Å². The largest absolute Gasteiger partial charge is 0.481 e. The number of carbonyl (C=O) groups is 1. The van der Waals surface area contributed by atoms with Crippen LogP contribution in [0, 0.1) is 0 Å². The van der Waals surface area contributed by atoms with Gasteiger partial charge in [-0.25, -0.2) is 0 Å². The molecule has 3 rings (SSSR count). The number of hydrogen-bond donors (Lipinski definition) is 1. The molecule has 1 fully saturated rings. The molecule has 1 aromatic carbocycles. The van der Waals surface area contributed by atoms with Gasteiger partial charge in [-0.3, -0.25) is 4.79 Å². The highest BCUT2D eigenvalue weighted by atomic mass is 16.5. The Morgan fingerprint density at radius 3 is 2.68 bits per heavy atom. The molecule has 22 heavy (non-hydrogen) atoms. The first kappa shape index (κ1) is 14.6. The second-order valence-corrected chi connectivity index (χ2v) is 5.52. The van der Waals surface area contributed by atoms with Crippen molar-refractivity contribution in [2.45, 2.75) is 44.8 Å². The molecule has 0 saturated heterocycles. The number of hydrogen-bond acceptors (Lipinski definition) is 5. The van der Waals surface area contributed by atoms with Crippen molar-refractivity contribution in [1.29, 1.82) is 0 Å². The molecule has 0 radical (unpaired) electrons. The molecule has 1 aliphatic carbocycles. The summed E-state index contributed by atoms with van der Waals surface area (Å²) in [6, 6.07) is 7.53. The standard InChI is InChI=1S/C16H19N3O3/c1-11(15(20)18-13-4-2-3-5-13)22-14-8-6-12(7-9-14)16-19-17-10-21-16/h6-11,13H,2-5H2,1H3,(H,18,20)/t11-/m1/s1. The highest BCUT2D eigenvalue weighted by molar-refractivity contribution is 5.81. The van der Waals surface area contributed by atoms with E-state index >= 15 is 0 Å². The Kier molecular flexibility index (Phi) is 4.37. The molecule has 6 nitrogen and oxygen atoms in total. The number of carbonyl (C=O) groups excluding carboxylic acids is 1. The maximum Gasteiger partial charge on any atom is 0.260 e. The lowest BCUT2D eigenvalue weighted by Crippen LogP contribution is -2.41. The van der Waals surface area contributed by atoms with Crippen LogP contribution in [0.5, 0.6) is 5.75 Å². The van der Waals surface area contributed by atoms with Gasteiger partial charge in [0.25, 0.3) is 5.91 Å². The highest BCUT2D eigenvalue weighted by Crippen LogP contribution is 2.21. The van der Waals surface area contributed by atoms with Crippen molar-refractivity contribution in [3.63, 3.8) is 0 Å². The Labute approximate surface area is 128 Å². The van der Waals surface area contributed by atoms with Crippen molar-refractivity contribution in [1.82, 2.24) is 15.5 Å². The van der Waals surface area contributed by atoms with Crippen molar-refractivity contribution in [3.8, 4) is 17.2 Å². The summed E-state index contributed by atoms with van der Waals surface area (Å²) in [4.78, 5) is 12.1. The van der Waals surface area contributed by atoms with Crippen LogP contribution in [0.3, 0.4) is 0 Å². The number of rotatable bonds is 5. The molecule has 1 amide bonds. The van der Waals surface area contributed by atoms with Gasteiger partial charge in [-0.05, 0) is 44.0 Å². The Balaban J connectivity index is 1.56. The molecule has 2 aromatic rings. The number of amides is 1. The average molecular weight is 301 g/mol. The lowest BCUT2D eigenvalue weighted by atomic mass is 10.2. The number of nitrogens with one attached hydrogen (secondary N) is 1. The van der Waals surface area contributed by atoms with Gasteiger partial charge in [0.15, 0.2) is 6.10 Å². The van der Waals surface area contributed by atoms with Crippen LogP contribution in [0.15, 0.2) is 35.1 Å². The van der Waals surface area contributed by atoms with Crippen LogP contribution in [0.1, 0.15) is 32.6 Å². The van der Waals surface area contributed by atoms with Gasteiger partial charge in [-0.2, -0.15) is 0 Å². The summed E-state index contributed by atoms with van der Waals surface area (Å²) < 4.78 is 10.8.